The summed E-state index contributed by atoms with van der Waals surface area (Å²) in [6.45, 7) is 0. The molecular weight excluding hydrogens is 783 g/mol. The van der Waals surface area contributed by atoms with E-state index in [1.165, 1.54) is 66.2 Å². The van der Waals surface area contributed by atoms with Crippen molar-refractivity contribution < 1.29 is 14.0 Å². The zero-order valence-corrected chi connectivity index (χ0v) is 34.7. The summed E-state index contributed by atoms with van der Waals surface area (Å²) in [5, 5.41) is 6.88. The second-order valence-electron chi connectivity index (χ2n) is 19.8. The van der Waals surface area contributed by atoms with Crippen LogP contribution in [0.15, 0.2) is 144 Å². The van der Waals surface area contributed by atoms with Crippen LogP contribution in [0.2, 0.25) is 0 Å². The highest BCUT2D eigenvalue weighted by Gasteiger charge is 2.45. The molecule has 9 aliphatic rings. The molecule has 0 atom stereocenters. The Morgan fingerprint density at radius 1 is 0.406 bits per heavy atom. The van der Waals surface area contributed by atoms with Crippen LogP contribution in [0.25, 0.3) is 60.0 Å². The first-order chi connectivity index (χ1) is 31.6. The third-order valence-corrected chi connectivity index (χ3v) is 17.3. The average Bonchev–Trinajstić information content (AvgIpc) is 3.89. The minimum absolute atomic E-state index is 0.0796. The van der Waals surface area contributed by atoms with Crippen LogP contribution in [-0.2, 0) is 0 Å². The molecule has 0 N–H and O–H groups in total. The van der Waals surface area contributed by atoms with Gasteiger partial charge in [-0.25, -0.2) is 0 Å². The van der Waals surface area contributed by atoms with E-state index in [2.05, 4.69) is 144 Å². The molecule has 3 aromatic heterocycles. The molecule has 9 aliphatic carbocycles. The van der Waals surface area contributed by atoms with Crippen molar-refractivity contribution in [2.75, 3.05) is 0 Å². The Morgan fingerprint density at radius 3 is 1.55 bits per heavy atom. The minimum atomic E-state index is -0.365. The first kappa shape index (κ1) is 33.3. The topological polar surface area (TPSA) is 51.7 Å². The lowest BCUT2D eigenvalue weighted by molar-refractivity contribution is 0.0897. The summed E-state index contributed by atoms with van der Waals surface area (Å²) in [5.41, 5.74) is 21.9. The van der Waals surface area contributed by atoms with Crippen LogP contribution in [-0.4, -0.2) is 16.0 Å². The first-order valence-electron chi connectivity index (χ1n) is 23.3. The van der Waals surface area contributed by atoms with Crippen LogP contribution < -0.4 is 0 Å². The summed E-state index contributed by atoms with van der Waals surface area (Å²) in [6.07, 6.45) is 4.08. The Balaban J connectivity index is 1.05. The number of rotatable bonds is 0. The molecule has 4 nitrogen and oxygen atoms in total. The van der Waals surface area contributed by atoms with Gasteiger partial charge in [-0.05, 0) is 135 Å². The number of carbonyl (C=O) groups excluding carboxylic acids is 2. The predicted octanol–water partition coefficient (Wildman–Crippen LogP) is 14.0. The molecule has 1 saturated carbocycles. The van der Waals surface area contributed by atoms with Crippen LogP contribution in [0, 0.1) is 5.92 Å². The highest BCUT2D eigenvalue weighted by atomic mass is 16.3. The lowest BCUT2D eigenvalue weighted by Crippen LogP contribution is -2.27. The maximum absolute atomic E-state index is 15.3. The van der Waals surface area contributed by atoms with E-state index in [-0.39, 0.29) is 35.4 Å². The minimum Gasteiger partial charge on any atom is -0.455 e. The number of hydrogen-bond acceptors (Lipinski definition) is 3. The van der Waals surface area contributed by atoms with Crippen molar-refractivity contribution in [2.24, 2.45) is 5.92 Å². The fourth-order valence-corrected chi connectivity index (χ4v) is 14.8. The van der Waals surface area contributed by atoms with Crippen LogP contribution in [0.4, 0.5) is 0 Å². The van der Waals surface area contributed by atoms with Crippen LogP contribution >= 0.6 is 0 Å². The van der Waals surface area contributed by atoms with Gasteiger partial charge in [-0.15, -0.1) is 0 Å². The van der Waals surface area contributed by atoms with Crippen molar-refractivity contribution >= 4 is 71.6 Å². The van der Waals surface area contributed by atoms with Gasteiger partial charge in [0.25, 0.3) is 0 Å². The lowest BCUT2D eigenvalue weighted by atomic mass is 9.60. The normalized spacial score (nSPS) is 23.1. The zero-order valence-electron chi connectivity index (χ0n) is 34.7. The largest absolute Gasteiger partial charge is 0.455 e. The number of benzene rings is 8. The molecule has 4 heteroatoms. The van der Waals surface area contributed by atoms with Gasteiger partial charge >= 0.3 is 0 Å². The zero-order chi connectivity index (χ0) is 41.4. The van der Waals surface area contributed by atoms with E-state index in [1.807, 2.05) is 0 Å². The van der Waals surface area contributed by atoms with Crippen molar-refractivity contribution in [2.45, 2.75) is 55.3 Å². The molecule has 64 heavy (non-hydrogen) atoms. The van der Waals surface area contributed by atoms with Gasteiger partial charge in [0.1, 0.15) is 11.2 Å². The lowest BCUT2D eigenvalue weighted by Gasteiger charge is -2.42. The van der Waals surface area contributed by atoms with Gasteiger partial charge in [0, 0.05) is 61.7 Å². The van der Waals surface area contributed by atoms with Gasteiger partial charge in [-0.1, -0.05) is 103 Å². The molecule has 0 amide bonds. The van der Waals surface area contributed by atoms with Gasteiger partial charge in [0.05, 0.1) is 27.9 Å². The van der Waals surface area contributed by atoms with Crippen molar-refractivity contribution in [1.82, 2.24) is 4.40 Å². The van der Waals surface area contributed by atoms with Crippen molar-refractivity contribution in [3.05, 3.63) is 217 Å². The fraction of sp³-hybridized carbons (Fsp3) is 0.167. The molecule has 0 saturated heterocycles. The molecule has 1 fully saturated rings. The summed E-state index contributed by atoms with van der Waals surface area (Å²) in [5.74, 6) is 0.740. The van der Waals surface area contributed by atoms with E-state index in [9.17, 15) is 4.79 Å². The third kappa shape index (κ3) is 3.66. The van der Waals surface area contributed by atoms with E-state index < -0.39 is 0 Å². The Hall–Kier alpha value is -7.30. The maximum Gasteiger partial charge on any atom is 0.175 e. The highest BCUT2D eigenvalue weighted by Crippen LogP contribution is 2.60. The number of Topliss-reactive ketones (excluding diaryl/α,β-unsaturated/α-hetero) is 2. The second kappa shape index (κ2) is 11.1. The van der Waals surface area contributed by atoms with Gasteiger partial charge in [-0.3, -0.25) is 9.59 Å². The molecule has 300 valence electrons. The Labute approximate surface area is 367 Å². The molecule has 0 aliphatic heterocycles. The van der Waals surface area contributed by atoms with E-state index in [4.69, 9.17) is 4.42 Å². The number of ketones is 2. The highest BCUT2D eigenvalue weighted by molar-refractivity contribution is 6.34. The van der Waals surface area contributed by atoms with Crippen molar-refractivity contribution in [1.29, 1.82) is 0 Å². The van der Waals surface area contributed by atoms with Gasteiger partial charge in [0.15, 0.2) is 11.6 Å². The van der Waals surface area contributed by atoms with Crippen LogP contribution in [0.3, 0.4) is 0 Å². The summed E-state index contributed by atoms with van der Waals surface area (Å²) in [4.78, 5) is 29.7. The molecule has 8 aromatic carbocycles. The molecule has 0 radical (unpaired) electrons. The maximum atomic E-state index is 15.3. The number of nitrogens with zero attached hydrogens (tertiary/aromatic N) is 1. The smallest absolute Gasteiger partial charge is 0.175 e. The van der Waals surface area contributed by atoms with Crippen molar-refractivity contribution in [3.8, 4) is 0 Å². The molecule has 0 spiro atoms. The third-order valence-electron chi connectivity index (χ3n) is 17.3. The Kier molecular flexibility index (Phi) is 5.76. The number of carbonyl (C=O) groups is 2. The monoisotopic (exact) mass is 819 g/mol. The van der Waals surface area contributed by atoms with E-state index >= 15 is 4.79 Å². The number of aromatic nitrogens is 1. The SMILES string of the molecule is O=C1c2cc3c(cc2C2CCC1CC2)c1cc2c(oc4ccc5c(c42)C2c4ccccc4C5c4ccccc42)c2c4cc5c(cc4n3c12)C(=O)C1c2ccccc2C5c2ccccc21. The summed E-state index contributed by atoms with van der Waals surface area (Å²) in [7, 11) is 0. The molecule has 20 rings (SSSR count). The Bertz CT molecular complexity index is 3960. The van der Waals surface area contributed by atoms with Gasteiger partial charge in [0.2, 0.25) is 0 Å². The molecule has 11 aromatic rings. The summed E-state index contributed by atoms with van der Waals surface area (Å²) in [6, 6.07) is 51.5. The van der Waals surface area contributed by atoms with Crippen molar-refractivity contribution in [3.63, 3.8) is 0 Å². The van der Waals surface area contributed by atoms with Crippen LogP contribution in [0.5, 0.6) is 0 Å². The van der Waals surface area contributed by atoms with E-state index in [0.29, 0.717) is 11.7 Å². The quantitative estimate of drug-likeness (QED) is 0.153. The van der Waals surface area contributed by atoms with E-state index in [1.54, 1.807) is 0 Å². The second-order valence-corrected chi connectivity index (χ2v) is 19.8. The predicted molar refractivity (Wildman–Crippen MR) is 252 cm³/mol. The summed E-state index contributed by atoms with van der Waals surface area (Å²) >= 11 is 0. The van der Waals surface area contributed by atoms with Gasteiger partial charge < -0.3 is 8.82 Å². The average molecular weight is 820 g/mol. The molecular formula is C60H37NO3. The number of hydrogen-bond donors (Lipinski definition) is 0. The summed E-state index contributed by atoms with van der Waals surface area (Å²) < 4.78 is 9.72. The number of furan rings is 1. The van der Waals surface area contributed by atoms with Gasteiger partial charge in [-0.2, -0.15) is 0 Å². The molecule has 0 unspecified atom stereocenters. The number of fused-ring (bicyclic) bond motifs is 12. The van der Waals surface area contributed by atoms with E-state index in [0.717, 1.165) is 97.4 Å². The standard InChI is InChI=1S/C60H37NO3/c62-58-29-19-17-28(18-20-29)39-23-40-42-25-46-54-49(22-21-38-50-30-9-1-5-13-34(30)52(55(38)54)35-14-6-2-10-31(35)50)64-60(46)56-45-24-41-44(27-48(45)61(57(42)56)47(40)26-43(39)58)59(63)53-36-15-7-3-11-32(36)51(41)33-12-4-8-16-37(33)53/h1-16,21-29,50-53H,17-20H2. The molecule has 3 heterocycles. The van der Waals surface area contributed by atoms with Crippen LogP contribution in [0.1, 0.15) is 143 Å². The fourth-order valence-electron chi connectivity index (χ4n) is 14.8. The molecule has 6 bridgehead atoms. The Morgan fingerprint density at radius 2 is 0.922 bits per heavy atom. The first-order valence-corrected chi connectivity index (χ1v) is 23.3.